The number of aryl methyl sites for hydroxylation is 2. The van der Waals surface area contributed by atoms with E-state index < -0.39 is 0 Å². The molecule has 0 aliphatic heterocycles. The number of ketones is 1. The average molecular weight is 675 g/mol. The number of ether oxygens (including phenoxy) is 2. The molecule has 1 aliphatic rings. The number of benzene rings is 4. The molecule has 1 saturated carbocycles. The third kappa shape index (κ3) is 7.70. The van der Waals surface area contributed by atoms with Crippen molar-refractivity contribution in [2.75, 3.05) is 0 Å². The van der Waals surface area contributed by atoms with E-state index in [1.54, 1.807) is 6.07 Å². The Bertz CT molecular complexity index is 1830. The summed E-state index contributed by atoms with van der Waals surface area (Å²) in [5.74, 6) is 1.36. The first-order valence-corrected chi connectivity index (χ1v) is 19.1. The summed E-state index contributed by atoms with van der Waals surface area (Å²) in [6, 6.07) is 24.5. The highest BCUT2D eigenvalue weighted by atomic mass is 16.5. The quantitative estimate of drug-likeness (QED) is 0.0759. The highest BCUT2D eigenvalue weighted by Crippen LogP contribution is 2.47. The molecule has 4 nitrogen and oxygen atoms in total. The Balaban J connectivity index is 1.37. The largest absolute Gasteiger partial charge is 0.487 e. The molecule has 266 valence electrons. The Kier molecular flexibility index (Phi) is 11.6. The Hall–Kier alpha value is -3.92. The topological polar surface area (TPSA) is 52.6 Å². The molecule has 4 aromatic carbocycles. The summed E-state index contributed by atoms with van der Waals surface area (Å²) >= 11 is 0. The molecular weight excluding hydrogens is 617 g/mol. The van der Waals surface area contributed by atoms with Crippen molar-refractivity contribution in [3.05, 3.63) is 106 Å². The van der Waals surface area contributed by atoms with Gasteiger partial charge in [0.25, 0.3) is 0 Å². The van der Waals surface area contributed by atoms with E-state index in [0.717, 1.165) is 79.0 Å². The zero-order valence-corrected chi connectivity index (χ0v) is 31.8. The fraction of sp³-hybridized carbons (Fsp3) is 0.478. The summed E-state index contributed by atoms with van der Waals surface area (Å²) < 4.78 is 12.6. The molecule has 0 spiro atoms. The number of hydrogen-bond donors (Lipinski definition) is 0. The van der Waals surface area contributed by atoms with Gasteiger partial charge < -0.3 is 9.47 Å². The second-order valence-corrected chi connectivity index (χ2v) is 15.4. The van der Waals surface area contributed by atoms with Crippen molar-refractivity contribution >= 4 is 22.5 Å². The number of rotatable bonds is 14. The fourth-order valence-corrected chi connectivity index (χ4v) is 8.14. The summed E-state index contributed by atoms with van der Waals surface area (Å²) in [5, 5.41) is 1.85. The van der Waals surface area contributed by atoms with Gasteiger partial charge in [-0.15, -0.1) is 0 Å². The smallest absolute Gasteiger partial charge is 0.343 e. The molecule has 4 aromatic rings. The van der Waals surface area contributed by atoms with E-state index in [2.05, 4.69) is 78.8 Å². The number of carbonyl (C=O) groups excluding carboxylic acids is 2. The molecule has 2 unspecified atom stereocenters. The van der Waals surface area contributed by atoms with Crippen LogP contribution in [0.5, 0.6) is 11.5 Å². The van der Waals surface area contributed by atoms with Crippen molar-refractivity contribution in [1.82, 2.24) is 0 Å². The lowest BCUT2D eigenvalue weighted by Gasteiger charge is -2.39. The second kappa shape index (κ2) is 15.5. The lowest BCUT2D eigenvalue weighted by molar-refractivity contribution is 0.0727. The molecule has 0 radical (unpaired) electrons. The Labute approximate surface area is 301 Å². The van der Waals surface area contributed by atoms with Gasteiger partial charge in [-0.05, 0) is 123 Å². The van der Waals surface area contributed by atoms with Crippen LogP contribution in [-0.2, 0) is 5.41 Å². The number of carbonyl (C=O) groups is 2. The van der Waals surface area contributed by atoms with Crippen LogP contribution in [0.1, 0.15) is 155 Å². The number of Topliss-reactive ketones (excluding diaryl/α,β-unsaturated/α-hetero) is 1. The highest BCUT2D eigenvalue weighted by Gasteiger charge is 2.37. The van der Waals surface area contributed by atoms with Crippen LogP contribution in [0, 0.1) is 19.3 Å². The minimum absolute atomic E-state index is 0.0873. The number of esters is 1. The molecule has 0 bridgehead atoms. The first-order valence-electron chi connectivity index (χ1n) is 19.1. The van der Waals surface area contributed by atoms with E-state index in [9.17, 15) is 9.59 Å². The summed E-state index contributed by atoms with van der Waals surface area (Å²) in [5.41, 5.74) is 5.36. The van der Waals surface area contributed by atoms with Crippen LogP contribution in [0.25, 0.3) is 10.8 Å². The minimum Gasteiger partial charge on any atom is -0.487 e. The van der Waals surface area contributed by atoms with E-state index in [4.69, 9.17) is 9.47 Å². The molecule has 0 aromatic heterocycles. The van der Waals surface area contributed by atoms with Gasteiger partial charge in [0, 0.05) is 16.4 Å². The third-order valence-corrected chi connectivity index (χ3v) is 11.7. The van der Waals surface area contributed by atoms with E-state index in [0.29, 0.717) is 11.3 Å². The van der Waals surface area contributed by atoms with Crippen molar-refractivity contribution in [3.8, 4) is 11.5 Å². The van der Waals surface area contributed by atoms with Gasteiger partial charge in [-0.2, -0.15) is 0 Å². The van der Waals surface area contributed by atoms with Crippen LogP contribution in [0.3, 0.4) is 0 Å². The van der Waals surface area contributed by atoms with Crippen LogP contribution in [0.4, 0.5) is 0 Å². The summed E-state index contributed by atoms with van der Waals surface area (Å²) in [6.45, 7) is 17.1. The minimum atomic E-state index is -0.384. The van der Waals surface area contributed by atoms with Gasteiger partial charge in [-0.3, -0.25) is 4.79 Å². The molecule has 1 aliphatic carbocycles. The molecule has 2 atom stereocenters. The maximum Gasteiger partial charge on any atom is 0.343 e. The summed E-state index contributed by atoms with van der Waals surface area (Å²) in [7, 11) is 0. The lowest BCUT2D eigenvalue weighted by atomic mass is 9.65. The molecule has 0 amide bonds. The Morgan fingerprint density at radius 1 is 0.660 bits per heavy atom. The average Bonchev–Trinajstić information content (AvgIpc) is 3.12. The molecular formula is C46H58O4. The van der Waals surface area contributed by atoms with Crippen LogP contribution >= 0.6 is 0 Å². The Morgan fingerprint density at radius 2 is 1.22 bits per heavy atom. The Morgan fingerprint density at radius 3 is 1.76 bits per heavy atom. The zero-order chi connectivity index (χ0) is 36.1. The van der Waals surface area contributed by atoms with E-state index in [-0.39, 0.29) is 28.2 Å². The van der Waals surface area contributed by atoms with Crippen molar-refractivity contribution in [3.63, 3.8) is 0 Å². The van der Waals surface area contributed by atoms with Gasteiger partial charge in [-0.25, -0.2) is 4.79 Å². The number of hydrogen-bond acceptors (Lipinski definition) is 4. The molecule has 5 rings (SSSR count). The lowest BCUT2D eigenvalue weighted by Crippen LogP contribution is -2.32. The fourth-order valence-electron chi connectivity index (χ4n) is 8.14. The maximum absolute atomic E-state index is 13.4. The predicted molar refractivity (Wildman–Crippen MR) is 207 cm³/mol. The van der Waals surface area contributed by atoms with Gasteiger partial charge in [-0.1, -0.05) is 109 Å². The van der Waals surface area contributed by atoms with Gasteiger partial charge >= 0.3 is 5.97 Å². The van der Waals surface area contributed by atoms with Gasteiger partial charge in [0.15, 0.2) is 5.78 Å². The maximum atomic E-state index is 13.4. The van der Waals surface area contributed by atoms with Crippen LogP contribution in [0.15, 0.2) is 72.8 Å². The van der Waals surface area contributed by atoms with Gasteiger partial charge in [0.1, 0.15) is 17.1 Å². The standard InChI is InChI=1S/C46H58O4/c1-9-24-44(7,11-3)42(47)36-18-16-35-31-37(19-17-34(35)30-36)43(48)49-40-22-20-38(28-32(40)5)46(26-14-13-15-27-46)39-21-23-41(33(6)29-39)50-45(8,12-4)25-10-2/h16-23,28-31H,9-15,24-27H2,1-8H3. The summed E-state index contributed by atoms with van der Waals surface area (Å²) in [6.07, 6.45) is 11.6. The van der Waals surface area contributed by atoms with Crippen molar-refractivity contribution < 1.29 is 19.1 Å². The predicted octanol–water partition coefficient (Wildman–Crippen LogP) is 12.7. The zero-order valence-electron chi connectivity index (χ0n) is 31.8. The van der Waals surface area contributed by atoms with Gasteiger partial charge in [0.2, 0.25) is 0 Å². The van der Waals surface area contributed by atoms with E-state index in [1.165, 1.54) is 36.0 Å². The van der Waals surface area contributed by atoms with Gasteiger partial charge in [0.05, 0.1) is 5.56 Å². The van der Waals surface area contributed by atoms with Crippen molar-refractivity contribution in [2.45, 2.75) is 137 Å². The molecule has 0 saturated heterocycles. The van der Waals surface area contributed by atoms with Crippen molar-refractivity contribution in [1.29, 1.82) is 0 Å². The highest BCUT2D eigenvalue weighted by molar-refractivity contribution is 6.04. The van der Waals surface area contributed by atoms with Crippen LogP contribution in [-0.4, -0.2) is 17.4 Å². The molecule has 0 heterocycles. The second-order valence-electron chi connectivity index (χ2n) is 15.4. The SMILES string of the molecule is CCCC(C)(CC)Oc1ccc(C2(c3ccc(OC(=O)c4ccc5cc(C(=O)C(C)(CC)CCC)ccc5c4)c(C)c3)CCCCC2)cc1C. The third-order valence-electron chi connectivity index (χ3n) is 11.7. The molecule has 1 fully saturated rings. The van der Waals surface area contributed by atoms with E-state index >= 15 is 0 Å². The first kappa shape index (κ1) is 37.3. The molecule has 0 N–H and O–H groups in total. The monoisotopic (exact) mass is 674 g/mol. The van der Waals surface area contributed by atoms with Crippen molar-refractivity contribution in [2.24, 2.45) is 5.41 Å². The first-order chi connectivity index (χ1) is 23.9. The van der Waals surface area contributed by atoms with Crippen LogP contribution in [0.2, 0.25) is 0 Å². The van der Waals surface area contributed by atoms with Crippen LogP contribution < -0.4 is 9.47 Å². The number of fused-ring (bicyclic) bond motifs is 1. The summed E-state index contributed by atoms with van der Waals surface area (Å²) in [4.78, 5) is 26.8. The molecule has 50 heavy (non-hydrogen) atoms. The van der Waals surface area contributed by atoms with E-state index in [1.807, 2.05) is 43.3 Å². The normalized spacial score (nSPS) is 16.7. The molecule has 4 heteroatoms.